The summed E-state index contributed by atoms with van der Waals surface area (Å²) < 4.78 is 0. The number of carbonyl (C=O) groups excluding carboxylic acids is 1. The van der Waals surface area contributed by atoms with Gasteiger partial charge in [0.25, 0.3) is 0 Å². The molecule has 0 radical (unpaired) electrons. The molecule has 0 aromatic heterocycles. The largest absolute Gasteiger partial charge is 0.308 e. The van der Waals surface area contributed by atoms with Gasteiger partial charge in [-0.15, -0.1) is 0 Å². The molecule has 0 aliphatic heterocycles. The molecular formula is C8H17NO. The van der Waals surface area contributed by atoms with Crippen LogP contribution in [0.15, 0.2) is 0 Å². The molecule has 0 amide bonds. The molecule has 10 heavy (non-hydrogen) atoms. The third-order valence-electron chi connectivity index (χ3n) is 1.49. The van der Waals surface area contributed by atoms with Crippen molar-refractivity contribution in [1.29, 1.82) is 0 Å². The lowest BCUT2D eigenvalue weighted by Crippen LogP contribution is -2.41. The predicted molar refractivity (Wildman–Crippen MR) is 43.0 cm³/mol. The summed E-state index contributed by atoms with van der Waals surface area (Å²) in [5.41, 5.74) is 0.0394. The number of hydrogen-bond donors (Lipinski definition) is 1. The first-order valence-electron chi connectivity index (χ1n) is 3.71. The highest BCUT2D eigenvalue weighted by Crippen LogP contribution is 2.16. The van der Waals surface area contributed by atoms with Crippen molar-refractivity contribution in [2.24, 2.45) is 5.41 Å². The number of hydrogen-bond acceptors (Lipinski definition) is 2. The summed E-state index contributed by atoms with van der Waals surface area (Å²) >= 11 is 0. The summed E-state index contributed by atoms with van der Waals surface area (Å²) in [5, 5.41) is 3.10. The maximum Gasteiger partial charge on any atom is 0.137 e. The van der Waals surface area contributed by atoms with E-state index in [2.05, 4.69) is 26.1 Å². The molecule has 1 N–H and O–H groups in total. The lowest BCUT2D eigenvalue weighted by molar-refractivity contribution is -0.111. The van der Waals surface area contributed by atoms with Gasteiger partial charge in [0.05, 0.1) is 6.04 Å². The van der Waals surface area contributed by atoms with Gasteiger partial charge in [0.15, 0.2) is 0 Å². The number of likely N-dealkylation sites (N-methyl/N-ethyl adjacent to an activating group) is 1. The van der Waals surface area contributed by atoms with Crippen molar-refractivity contribution in [3.05, 3.63) is 0 Å². The Hall–Kier alpha value is -0.370. The zero-order chi connectivity index (χ0) is 8.20. The monoisotopic (exact) mass is 143 g/mol. The first kappa shape index (κ1) is 9.63. The third-order valence-corrected chi connectivity index (χ3v) is 1.49. The van der Waals surface area contributed by atoms with Crippen molar-refractivity contribution >= 4 is 6.29 Å². The summed E-state index contributed by atoms with van der Waals surface area (Å²) in [7, 11) is 0. The van der Waals surface area contributed by atoms with Gasteiger partial charge in [-0.05, 0) is 12.0 Å². The number of aldehydes is 1. The minimum Gasteiger partial charge on any atom is -0.308 e. The molecule has 0 aliphatic rings. The van der Waals surface area contributed by atoms with Gasteiger partial charge >= 0.3 is 0 Å². The standard InChI is InChI=1S/C8H17NO/c1-5-9-7(6-10)8(2,3)4/h6-7,9H,5H2,1-4H3/t7-/m1/s1. The number of carbonyl (C=O) groups is 1. The van der Waals surface area contributed by atoms with E-state index in [0.29, 0.717) is 0 Å². The molecule has 0 saturated carbocycles. The van der Waals surface area contributed by atoms with Crippen LogP contribution in [0.5, 0.6) is 0 Å². The number of rotatable bonds is 3. The minimum absolute atomic E-state index is 0.0162. The van der Waals surface area contributed by atoms with E-state index in [9.17, 15) is 4.79 Å². The highest BCUT2D eigenvalue weighted by Gasteiger charge is 2.22. The Morgan fingerprint density at radius 3 is 2.10 bits per heavy atom. The SMILES string of the molecule is CCN[C@H](C=O)C(C)(C)C. The van der Waals surface area contributed by atoms with E-state index in [1.807, 2.05) is 6.92 Å². The van der Waals surface area contributed by atoms with Crippen LogP contribution in [0.1, 0.15) is 27.7 Å². The molecule has 0 saturated heterocycles. The molecule has 2 nitrogen and oxygen atoms in total. The van der Waals surface area contributed by atoms with Crippen LogP contribution < -0.4 is 5.32 Å². The van der Waals surface area contributed by atoms with Crippen LogP contribution in [0.2, 0.25) is 0 Å². The van der Waals surface area contributed by atoms with Crippen molar-refractivity contribution in [1.82, 2.24) is 5.32 Å². The first-order chi connectivity index (χ1) is 4.52. The second-order valence-corrected chi connectivity index (χ2v) is 3.54. The molecule has 0 aromatic rings. The fourth-order valence-corrected chi connectivity index (χ4v) is 0.778. The van der Waals surface area contributed by atoms with Crippen molar-refractivity contribution in [2.45, 2.75) is 33.7 Å². The summed E-state index contributed by atoms with van der Waals surface area (Å²) in [6.45, 7) is 9.00. The zero-order valence-electron chi connectivity index (χ0n) is 7.27. The van der Waals surface area contributed by atoms with E-state index in [4.69, 9.17) is 0 Å². The second-order valence-electron chi connectivity index (χ2n) is 3.54. The Morgan fingerprint density at radius 1 is 1.50 bits per heavy atom. The summed E-state index contributed by atoms with van der Waals surface area (Å²) in [5.74, 6) is 0. The molecule has 0 aliphatic carbocycles. The molecule has 0 fully saturated rings. The third kappa shape index (κ3) is 2.97. The van der Waals surface area contributed by atoms with Gasteiger partial charge in [0.1, 0.15) is 6.29 Å². The minimum atomic E-state index is -0.0162. The van der Waals surface area contributed by atoms with Gasteiger partial charge < -0.3 is 10.1 Å². The van der Waals surface area contributed by atoms with Crippen molar-refractivity contribution in [3.8, 4) is 0 Å². The highest BCUT2D eigenvalue weighted by molar-refractivity contribution is 5.58. The zero-order valence-corrected chi connectivity index (χ0v) is 7.27. The molecule has 0 unspecified atom stereocenters. The smallest absolute Gasteiger partial charge is 0.137 e. The lowest BCUT2D eigenvalue weighted by Gasteiger charge is -2.26. The van der Waals surface area contributed by atoms with Crippen LogP contribution in [0.4, 0.5) is 0 Å². The van der Waals surface area contributed by atoms with Gasteiger partial charge in [-0.2, -0.15) is 0 Å². The fourth-order valence-electron chi connectivity index (χ4n) is 0.778. The van der Waals surface area contributed by atoms with E-state index >= 15 is 0 Å². The fraction of sp³-hybridized carbons (Fsp3) is 0.875. The predicted octanol–water partition coefficient (Wildman–Crippen LogP) is 1.21. The Labute approximate surface area is 63.0 Å². The Bertz CT molecular complexity index is 104. The second kappa shape index (κ2) is 3.71. The Morgan fingerprint density at radius 2 is 2.00 bits per heavy atom. The van der Waals surface area contributed by atoms with Crippen LogP contribution in [0.25, 0.3) is 0 Å². The molecule has 0 spiro atoms. The van der Waals surface area contributed by atoms with E-state index < -0.39 is 0 Å². The van der Waals surface area contributed by atoms with Gasteiger partial charge in [0.2, 0.25) is 0 Å². The van der Waals surface area contributed by atoms with Crippen LogP contribution in [0, 0.1) is 5.41 Å². The molecule has 0 bridgehead atoms. The quantitative estimate of drug-likeness (QED) is 0.602. The van der Waals surface area contributed by atoms with Gasteiger partial charge in [-0.3, -0.25) is 0 Å². The maximum atomic E-state index is 10.5. The highest BCUT2D eigenvalue weighted by atomic mass is 16.1. The molecule has 0 aromatic carbocycles. The van der Waals surface area contributed by atoms with Crippen LogP contribution in [-0.2, 0) is 4.79 Å². The molecule has 2 heteroatoms. The summed E-state index contributed by atoms with van der Waals surface area (Å²) in [6, 6.07) is -0.0162. The molecule has 0 rings (SSSR count). The molecule has 1 atom stereocenters. The van der Waals surface area contributed by atoms with E-state index in [1.54, 1.807) is 0 Å². The number of nitrogens with one attached hydrogen (secondary N) is 1. The maximum absolute atomic E-state index is 10.5. The van der Waals surface area contributed by atoms with E-state index in [-0.39, 0.29) is 11.5 Å². The van der Waals surface area contributed by atoms with Crippen LogP contribution >= 0.6 is 0 Å². The average Bonchev–Trinajstić information content (AvgIpc) is 1.80. The topological polar surface area (TPSA) is 29.1 Å². The summed E-state index contributed by atoms with van der Waals surface area (Å²) in [4.78, 5) is 10.5. The average molecular weight is 143 g/mol. The normalized spacial score (nSPS) is 14.8. The Balaban J connectivity index is 3.93. The van der Waals surface area contributed by atoms with E-state index in [0.717, 1.165) is 12.8 Å². The first-order valence-corrected chi connectivity index (χ1v) is 3.71. The van der Waals surface area contributed by atoms with Crippen molar-refractivity contribution < 1.29 is 4.79 Å². The Kier molecular flexibility index (Phi) is 3.58. The van der Waals surface area contributed by atoms with Crippen LogP contribution in [0.3, 0.4) is 0 Å². The van der Waals surface area contributed by atoms with E-state index in [1.165, 1.54) is 0 Å². The molecular weight excluding hydrogens is 126 g/mol. The summed E-state index contributed by atoms with van der Waals surface area (Å²) in [6.07, 6.45) is 0.976. The van der Waals surface area contributed by atoms with Crippen molar-refractivity contribution in [3.63, 3.8) is 0 Å². The van der Waals surface area contributed by atoms with Crippen molar-refractivity contribution in [2.75, 3.05) is 6.54 Å². The lowest BCUT2D eigenvalue weighted by atomic mass is 9.88. The van der Waals surface area contributed by atoms with Gasteiger partial charge in [-0.1, -0.05) is 27.7 Å². The van der Waals surface area contributed by atoms with Gasteiger partial charge in [-0.25, -0.2) is 0 Å². The molecule has 60 valence electrons. The molecule has 0 heterocycles. The van der Waals surface area contributed by atoms with Gasteiger partial charge in [0, 0.05) is 0 Å². The van der Waals surface area contributed by atoms with Crippen LogP contribution in [-0.4, -0.2) is 18.9 Å².